The van der Waals surface area contributed by atoms with Crippen LogP contribution in [0.5, 0.6) is 11.5 Å². The minimum Gasteiger partial charge on any atom is -0.491 e. The van der Waals surface area contributed by atoms with Crippen molar-refractivity contribution < 1.29 is 14.6 Å². The lowest BCUT2D eigenvalue weighted by molar-refractivity contribution is 0.0717. The predicted octanol–water partition coefficient (Wildman–Crippen LogP) is 2.91. The van der Waals surface area contributed by atoms with E-state index in [0.717, 1.165) is 13.1 Å². The molecule has 4 rings (SSSR count). The summed E-state index contributed by atoms with van der Waals surface area (Å²) in [4.78, 5) is 2.36. The summed E-state index contributed by atoms with van der Waals surface area (Å²) in [6.45, 7) is 5.11. The molecule has 0 aromatic heterocycles. The van der Waals surface area contributed by atoms with E-state index in [-0.39, 0.29) is 13.2 Å². The number of ether oxygens (including phenoxy) is 2. The number of piperidine rings is 1. The lowest BCUT2D eigenvalue weighted by Gasteiger charge is -2.24. The third kappa shape index (κ3) is 3.99. The van der Waals surface area contributed by atoms with Gasteiger partial charge in [-0.1, -0.05) is 29.8 Å². The molecule has 0 amide bonds. The van der Waals surface area contributed by atoms with E-state index in [0.29, 0.717) is 29.4 Å². The number of likely N-dealkylation sites (tertiary alicyclic amines) is 1. The third-order valence-electron chi connectivity index (χ3n) is 5.88. The normalized spacial score (nSPS) is 24.2. The molecule has 1 N–H and O–H groups in total. The summed E-state index contributed by atoms with van der Waals surface area (Å²) >= 11 is 0. The summed E-state index contributed by atoms with van der Waals surface area (Å²) in [7, 11) is 0. The summed E-state index contributed by atoms with van der Waals surface area (Å²) in [6.07, 6.45) is 0.737. The van der Waals surface area contributed by atoms with Crippen LogP contribution in [-0.4, -0.2) is 49.0 Å². The monoisotopic (exact) mass is 378 g/mol. The Kier molecular flexibility index (Phi) is 5.25. The van der Waals surface area contributed by atoms with E-state index in [1.807, 2.05) is 6.07 Å². The van der Waals surface area contributed by atoms with Crippen molar-refractivity contribution >= 4 is 0 Å². The molecule has 2 aromatic rings. The molecular weight excluding hydrogens is 352 g/mol. The van der Waals surface area contributed by atoms with Gasteiger partial charge in [0, 0.05) is 25.0 Å². The summed E-state index contributed by atoms with van der Waals surface area (Å²) in [5, 5.41) is 18.9. The SMILES string of the molecule is Cc1ccc(C23CC2CN(CC(O)COc2ccc(OCC#N)cc2)C3)cc1. The van der Waals surface area contributed by atoms with Crippen LogP contribution in [0.3, 0.4) is 0 Å². The Balaban J connectivity index is 1.24. The Labute approximate surface area is 166 Å². The average molecular weight is 378 g/mol. The molecule has 146 valence electrons. The number of rotatable bonds is 8. The molecule has 0 spiro atoms. The first kappa shape index (κ1) is 18.8. The molecule has 5 heteroatoms. The number of hydrogen-bond donors (Lipinski definition) is 1. The minimum absolute atomic E-state index is 0.0276. The zero-order chi connectivity index (χ0) is 19.6. The molecule has 0 bridgehead atoms. The maximum absolute atomic E-state index is 10.4. The van der Waals surface area contributed by atoms with Crippen LogP contribution >= 0.6 is 0 Å². The Morgan fingerprint density at radius 2 is 1.82 bits per heavy atom. The van der Waals surface area contributed by atoms with Crippen molar-refractivity contribution in [1.29, 1.82) is 5.26 Å². The van der Waals surface area contributed by atoms with E-state index in [1.165, 1.54) is 17.5 Å². The molecule has 3 atom stereocenters. The summed E-state index contributed by atoms with van der Waals surface area (Å²) in [5.74, 6) is 2.03. The van der Waals surface area contributed by atoms with E-state index >= 15 is 0 Å². The van der Waals surface area contributed by atoms with Crippen LogP contribution in [0, 0.1) is 24.2 Å². The fourth-order valence-electron chi connectivity index (χ4n) is 4.35. The fourth-order valence-corrected chi connectivity index (χ4v) is 4.35. The Hall–Kier alpha value is -2.55. The van der Waals surface area contributed by atoms with Crippen LogP contribution < -0.4 is 9.47 Å². The standard InChI is InChI=1S/C23H26N2O3/c1-17-2-4-18(5-3-17)23-12-19(23)13-25(16-23)14-20(26)15-28-22-8-6-21(7-9-22)27-11-10-24/h2-9,19-20,26H,11-16H2,1H3. The van der Waals surface area contributed by atoms with E-state index in [4.69, 9.17) is 14.7 Å². The van der Waals surface area contributed by atoms with E-state index in [2.05, 4.69) is 36.1 Å². The van der Waals surface area contributed by atoms with Gasteiger partial charge in [0.25, 0.3) is 0 Å². The number of benzene rings is 2. The summed E-state index contributed by atoms with van der Waals surface area (Å²) < 4.78 is 10.9. The van der Waals surface area contributed by atoms with Crippen molar-refractivity contribution in [3.8, 4) is 17.6 Å². The highest BCUT2D eigenvalue weighted by Crippen LogP contribution is 2.58. The molecule has 28 heavy (non-hydrogen) atoms. The van der Waals surface area contributed by atoms with Crippen LogP contribution in [0.1, 0.15) is 17.5 Å². The largest absolute Gasteiger partial charge is 0.491 e. The highest BCUT2D eigenvalue weighted by atomic mass is 16.5. The second-order valence-electron chi connectivity index (χ2n) is 8.00. The smallest absolute Gasteiger partial charge is 0.174 e. The second kappa shape index (κ2) is 7.83. The van der Waals surface area contributed by atoms with Gasteiger partial charge in [-0.15, -0.1) is 0 Å². The molecule has 3 unspecified atom stereocenters. The first-order valence-corrected chi connectivity index (χ1v) is 9.79. The van der Waals surface area contributed by atoms with E-state index in [1.54, 1.807) is 24.3 Å². The number of aryl methyl sites for hydroxylation is 1. The molecule has 2 aromatic carbocycles. The summed E-state index contributed by atoms with van der Waals surface area (Å²) in [5.41, 5.74) is 3.03. The van der Waals surface area contributed by atoms with Gasteiger partial charge >= 0.3 is 0 Å². The van der Waals surface area contributed by atoms with Crippen LogP contribution in [0.15, 0.2) is 48.5 Å². The Morgan fingerprint density at radius 3 is 2.50 bits per heavy atom. The topological polar surface area (TPSA) is 65.7 Å². The van der Waals surface area contributed by atoms with Crippen LogP contribution in [-0.2, 0) is 5.41 Å². The van der Waals surface area contributed by atoms with Gasteiger partial charge in [0.15, 0.2) is 6.61 Å². The average Bonchev–Trinajstić information content (AvgIpc) is 3.27. The number of β-amino-alcohol motifs (C(OH)–C–C–N with tert-alkyl or cyclic N) is 1. The maximum Gasteiger partial charge on any atom is 0.174 e. The minimum atomic E-state index is -0.526. The lowest BCUT2D eigenvalue weighted by Crippen LogP contribution is -2.36. The number of aliphatic hydroxyl groups is 1. The van der Waals surface area contributed by atoms with Gasteiger partial charge < -0.3 is 14.6 Å². The van der Waals surface area contributed by atoms with Crippen LogP contribution in [0.2, 0.25) is 0 Å². The second-order valence-corrected chi connectivity index (χ2v) is 8.00. The quantitative estimate of drug-likeness (QED) is 0.765. The molecule has 1 aliphatic carbocycles. The molecule has 1 saturated carbocycles. The fraction of sp³-hybridized carbons (Fsp3) is 0.435. The van der Waals surface area contributed by atoms with Crippen LogP contribution in [0.25, 0.3) is 0 Å². The van der Waals surface area contributed by atoms with E-state index in [9.17, 15) is 5.11 Å². The zero-order valence-electron chi connectivity index (χ0n) is 16.2. The third-order valence-corrected chi connectivity index (χ3v) is 5.88. The van der Waals surface area contributed by atoms with Crippen molar-refractivity contribution in [2.45, 2.75) is 24.9 Å². The molecule has 0 radical (unpaired) electrons. The molecular formula is C23H26N2O3. The number of hydrogen-bond acceptors (Lipinski definition) is 5. The van der Waals surface area contributed by atoms with Gasteiger partial charge in [-0.3, -0.25) is 4.90 Å². The van der Waals surface area contributed by atoms with Crippen molar-refractivity contribution in [1.82, 2.24) is 4.90 Å². The van der Waals surface area contributed by atoms with Gasteiger partial charge in [-0.2, -0.15) is 5.26 Å². The summed E-state index contributed by atoms with van der Waals surface area (Å²) in [6, 6.07) is 18.0. The Morgan fingerprint density at radius 1 is 1.14 bits per heavy atom. The van der Waals surface area contributed by atoms with Crippen molar-refractivity contribution in [2.75, 3.05) is 32.8 Å². The van der Waals surface area contributed by atoms with Gasteiger partial charge in [0.2, 0.25) is 0 Å². The molecule has 5 nitrogen and oxygen atoms in total. The lowest BCUT2D eigenvalue weighted by atomic mass is 9.94. The Bertz CT molecular complexity index is 844. The molecule has 1 saturated heterocycles. The molecule has 2 fully saturated rings. The highest BCUT2D eigenvalue weighted by Gasteiger charge is 2.60. The molecule has 1 heterocycles. The first-order chi connectivity index (χ1) is 13.6. The van der Waals surface area contributed by atoms with Gasteiger partial charge in [0.1, 0.15) is 30.3 Å². The van der Waals surface area contributed by atoms with Gasteiger partial charge in [0.05, 0.1) is 0 Å². The number of nitrogens with zero attached hydrogens (tertiary/aromatic N) is 2. The van der Waals surface area contributed by atoms with E-state index < -0.39 is 6.10 Å². The first-order valence-electron chi connectivity index (χ1n) is 9.79. The predicted molar refractivity (Wildman–Crippen MR) is 106 cm³/mol. The van der Waals surface area contributed by atoms with Crippen molar-refractivity contribution in [3.05, 3.63) is 59.7 Å². The number of nitriles is 1. The van der Waals surface area contributed by atoms with Crippen molar-refractivity contribution in [2.24, 2.45) is 5.92 Å². The zero-order valence-corrected chi connectivity index (χ0v) is 16.2. The number of aliphatic hydroxyl groups excluding tert-OH is 1. The number of fused-ring (bicyclic) bond motifs is 1. The highest BCUT2D eigenvalue weighted by molar-refractivity contribution is 5.38. The van der Waals surface area contributed by atoms with Crippen molar-refractivity contribution in [3.63, 3.8) is 0 Å². The molecule has 1 aliphatic heterocycles. The molecule has 2 aliphatic rings. The maximum atomic E-state index is 10.4. The van der Waals surface area contributed by atoms with Crippen LogP contribution in [0.4, 0.5) is 0 Å². The van der Waals surface area contributed by atoms with Gasteiger partial charge in [-0.25, -0.2) is 0 Å². The van der Waals surface area contributed by atoms with Gasteiger partial charge in [-0.05, 0) is 49.1 Å².